The average molecular weight is 196 g/mol. The molecule has 1 aromatic rings. The lowest BCUT2D eigenvalue weighted by Crippen LogP contribution is -2.08. The summed E-state index contributed by atoms with van der Waals surface area (Å²) >= 11 is 0. The smallest absolute Gasteiger partial charge is 0.167 e. The lowest BCUT2D eigenvalue weighted by molar-refractivity contribution is 0.246. The van der Waals surface area contributed by atoms with Crippen LogP contribution in [0.15, 0.2) is 18.2 Å². The molecule has 0 aliphatic heterocycles. The van der Waals surface area contributed by atoms with Gasteiger partial charge in [-0.2, -0.15) is 0 Å². The van der Waals surface area contributed by atoms with Crippen LogP contribution in [0.5, 0.6) is 5.75 Å². The number of halogens is 1. The van der Waals surface area contributed by atoms with Crippen molar-refractivity contribution in [2.24, 2.45) is 5.92 Å². The zero-order valence-corrected chi connectivity index (χ0v) is 9.01. The van der Waals surface area contributed by atoms with E-state index in [4.69, 9.17) is 4.74 Å². The standard InChI is InChI=1S/C12H17FO/c1-4-9(2)8-14-11-7-5-6-10(3)12(11)13/h5-7,9H,4,8H2,1-3H3. The number of rotatable bonds is 4. The summed E-state index contributed by atoms with van der Waals surface area (Å²) in [4.78, 5) is 0. The first kappa shape index (κ1) is 11.0. The van der Waals surface area contributed by atoms with Gasteiger partial charge >= 0.3 is 0 Å². The normalized spacial score (nSPS) is 12.6. The molecule has 0 saturated carbocycles. The van der Waals surface area contributed by atoms with Gasteiger partial charge < -0.3 is 4.74 Å². The van der Waals surface area contributed by atoms with E-state index in [1.165, 1.54) is 0 Å². The lowest BCUT2D eigenvalue weighted by atomic mass is 10.1. The summed E-state index contributed by atoms with van der Waals surface area (Å²) in [5.74, 6) is 0.594. The van der Waals surface area contributed by atoms with Crippen molar-refractivity contribution in [3.05, 3.63) is 29.6 Å². The third-order valence-corrected chi connectivity index (χ3v) is 2.38. The zero-order valence-electron chi connectivity index (χ0n) is 9.01. The van der Waals surface area contributed by atoms with Crippen molar-refractivity contribution in [2.75, 3.05) is 6.61 Å². The largest absolute Gasteiger partial charge is 0.490 e. The van der Waals surface area contributed by atoms with E-state index in [0.717, 1.165) is 6.42 Å². The number of hydrogen-bond acceptors (Lipinski definition) is 1. The Morgan fingerprint density at radius 3 is 2.79 bits per heavy atom. The molecule has 1 unspecified atom stereocenters. The topological polar surface area (TPSA) is 9.23 Å². The van der Waals surface area contributed by atoms with E-state index in [1.807, 2.05) is 6.07 Å². The Kier molecular flexibility index (Phi) is 3.93. The molecule has 1 rings (SSSR count). The summed E-state index contributed by atoms with van der Waals surface area (Å²) in [5.41, 5.74) is 0.631. The van der Waals surface area contributed by atoms with Gasteiger partial charge in [0.15, 0.2) is 11.6 Å². The molecule has 78 valence electrons. The minimum absolute atomic E-state index is 0.240. The van der Waals surface area contributed by atoms with Crippen molar-refractivity contribution in [2.45, 2.75) is 27.2 Å². The summed E-state index contributed by atoms with van der Waals surface area (Å²) < 4.78 is 18.8. The Bertz CT molecular complexity index is 296. The molecule has 0 aliphatic carbocycles. The Labute approximate surface area is 84.9 Å². The third-order valence-electron chi connectivity index (χ3n) is 2.38. The second-order valence-corrected chi connectivity index (χ2v) is 3.71. The van der Waals surface area contributed by atoms with E-state index in [2.05, 4.69) is 13.8 Å². The minimum Gasteiger partial charge on any atom is -0.490 e. The van der Waals surface area contributed by atoms with E-state index in [1.54, 1.807) is 19.1 Å². The van der Waals surface area contributed by atoms with Crippen LogP contribution in [-0.4, -0.2) is 6.61 Å². The molecule has 1 aromatic carbocycles. The van der Waals surface area contributed by atoms with Crippen LogP contribution < -0.4 is 4.74 Å². The predicted octanol–water partition coefficient (Wildman–Crippen LogP) is 3.56. The Morgan fingerprint density at radius 2 is 2.14 bits per heavy atom. The maximum absolute atomic E-state index is 13.4. The Hall–Kier alpha value is -1.05. The molecule has 0 saturated heterocycles. The van der Waals surface area contributed by atoms with E-state index in [-0.39, 0.29) is 5.82 Å². The average Bonchev–Trinajstić information content (AvgIpc) is 2.20. The van der Waals surface area contributed by atoms with Crippen LogP contribution in [0.4, 0.5) is 4.39 Å². The highest BCUT2D eigenvalue weighted by molar-refractivity contribution is 5.29. The van der Waals surface area contributed by atoms with Gasteiger partial charge in [0.2, 0.25) is 0 Å². The molecule has 0 aromatic heterocycles. The first-order chi connectivity index (χ1) is 6.65. The van der Waals surface area contributed by atoms with Crippen molar-refractivity contribution >= 4 is 0 Å². The fourth-order valence-electron chi connectivity index (χ4n) is 1.08. The van der Waals surface area contributed by atoms with Crippen LogP contribution in [0.2, 0.25) is 0 Å². The molecule has 14 heavy (non-hydrogen) atoms. The monoisotopic (exact) mass is 196 g/mol. The maximum Gasteiger partial charge on any atom is 0.167 e. The van der Waals surface area contributed by atoms with Gasteiger partial charge in [0.25, 0.3) is 0 Å². The Morgan fingerprint density at radius 1 is 1.43 bits per heavy atom. The van der Waals surface area contributed by atoms with Crippen molar-refractivity contribution < 1.29 is 9.13 Å². The molecule has 0 amide bonds. The second-order valence-electron chi connectivity index (χ2n) is 3.71. The lowest BCUT2D eigenvalue weighted by Gasteiger charge is -2.12. The first-order valence-electron chi connectivity index (χ1n) is 5.03. The van der Waals surface area contributed by atoms with Crippen LogP contribution in [0.25, 0.3) is 0 Å². The quantitative estimate of drug-likeness (QED) is 0.715. The SMILES string of the molecule is CCC(C)COc1cccc(C)c1F. The van der Waals surface area contributed by atoms with Gasteiger partial charge in [-0.3, -0.25) is 0 Å². The van der Waals surface area contributed by atoms with Crippen LogP contribution in [0.1, 0.15) is 25.8 Å². The highest BCUT2D eigenvalue weighted by Gasteiger charge is 2.06. The number of benzene rings is 1. The minimum atomic E-state index is -0.240. The summed E-state index contributed by atoms with van der Waals surface area (Å²) in [6.45, 7) is 6.51. The molecule has 1 atom stereocenters. The Balaban J connectivity index is 2.63. The molecule has 0 fully saturated rings. The van der Waals surface area contributed by atoms with Gasteiger partial charge in [0.05, 0.1) is 6.61 Å². The predicted molar refractivity (Wildman–Crippen MR) is 56.1 cm³/mol. The van der Waals surface area contributed by atoms with E-state index < -0.39 is 0 Å². The summed E-state index contributed by atoms with van der Waals surface area (Å²) in [6, 6.07) is 5.22. The molecule has 0 bridgehead atoms. The number of aryl methyl sites for hydroxylation is 1. The number of hydrogen-bond donors (Lipinski definition) is 0. The molecule has 2 heteroatoms. The molecule has 0 N–H and O–H groups in total. The van der Waals surface area contributed by atoms with Gasteiger partial charge in [-0.15, -0.1) is 0 Å². The molecule has 0 heterocycles. The van der Waals surface area contributed by atoms with E-state index in [9.17, 15) is 4.39 Å². The molecule has 0 spiro atoms. The van der Waals surface area contributed by atoms with Crippen molar-refractivity contribution in [3.8, 4) is 5.75 Å². The van der Waals surface area contributed by atoms with Crippen LogP contribution in [0.3, 0.4) is 0 Å². The summed E-state index contributed by atoms with van der Waals surface area (Å²) in [6.07, 6.45) is 1.05. The molecule has 0 aliphatic rings. The van der Waals surface area contributed by atoms with Gasteiger partial charge in [-0.1, -0.05) is 32.4 Å². The van der Waals surface area contributed by atoms with Gasteiger partial charge in [0.1, 0.15) is 0 Å². The van der Waals surface area contributed by atoms with Crippen molar-refractivity contribution in [1.29, 1.82) is 0 Å². The summed E-state index contributed by atoms with van der Waals surface area (Å²) in [5, 5.41) is 0. The van der Waals surface area contributed by atoms with Crippen molar-refractivity contribution in [1.82, 2.24) is 0 Å². The van der Waals surface area contributed by atoms with Gasteiger partial charge in [0, 0.05) is 0 Å². The van der Waals surface area contributed by atoms with Gasteiger partial charge in [-0.25, -0.2) is 4.39 Å². The zero-order chi connectivity index (χ0) is 10.6. The first-order valence-corrected chi connectivity index (χ1v) is 5.03. The highest BCUT2D eigenvalue weighted by atomic mass is 19.1. The van der Waals surface area contributed by atoms with Gasteiger partial charge in [-0.05, 0) is 24.5 Å². The van der Waals surface area contributed by atoms with E-state index in [0.29, 0.717) is 23.8 Å². The fraction of sp³-hybridized carbons (Fsp3) is 0.500. The second kappa shape index (κ2) is 4.99. The van der Waals surface area contributed by atoms with Crippen LogP contribution >= 0.6 is 0 Å². The van der Waals surface area contributed by atoms with Crippen molar-refractivity contribution in [3.63, 3.8) is 0 Å². The number of ether oxygens (including phenoxy) is 1. The molecular formula is C12H17FO. The molecule has 0 radical (unpaired) electrons. The third kappa shape index (κ3) is 2.72. The van der Waals surface area contributed by atoms with Crippen LogP contribution in [0, 0.1) is 18.7 Å². The highest BCUT2D eigenvalue weighted by Crippen LogP contribution is 2.20. The summed E-state index contributed by atoms with van der Waals surface area (Å²) in [7, 11) is 0. The van der Waals surface area contributed by atoms with Crippen LogP contribution in [-0.2, 0) is 0 Å². The fourth-order valence-corrected chi connectivity index (χ4v) is 1.08. The molecule has 1 nitrogen and oxygen atoms in total. The molecular weight excluding hydrogens is 179 g/mol. The van der Waals surface area contributed by atoms with E-state index >= 15 is 0 Å². The maximum atomic E-state index is 13.4.